The monoisotopic (exact) mass is 1170 g/mol. The molecule has 1 aliphatic rings. The van der Waals surface area contributed by atoms with Crippen LogP contribution in [0.1, 0.15) is 303 Å². The van der Waals surface area contributed by atoms with E-state index in [0.717, 1.165) is 83.5 Å². The first-order chi connectivity index (χ1) is 41.3. The van der Waals surface area contributed by atoms with Gasteiger partial charge in [0.15, 0.2) is 6.29 Å². The molecule has 1 fully saturated rings. The van der Waals surface area contributed by atoms with Crippen LogP contribution < -0.4 is 5.32 Å². The van der Waals surface area contributed by atoms with E-state index in [9.17, 15) is 30.3 Å². The molecule has 0 saturated carbocycles. The van der Waals surface area contributed by atoms with Gasteiger partial charge in [-0.2, -0.15) is 0 Å². The molecule has 84 heavy (non-hydrogen) atoms. The summed E-state index contributed by atoms with van der Waals surface area (Å²) in [5, 5.41) is 54.7. The predicted octanol–water partition coefficient (Wildman–Crippen LogP) is 19.2. The highest BCUT2D eigenvalue weighted by Crippen LogP contribution is 2.23. The van der Waals surface area contributed by atoms with Crippen LogP contribution in [0.3, 0.4) is 0 Å². The molecular formula is C75H131NO8. The third-order valence-corrected chi connectivity index (χ3v) is 16.1. The van der Waals surface area contributed by atoms with E-state index in [1.807, 2.05) is 6.08 Å². The van der Waals surface area contributed by atoms with Gasteiger partial charge in [0.2, 0.25) is 5.91 Å². The van der Waals surface area contributed by atoms with Crippen LogP contribution in [0.25, 0.3) is 0 Å². The molecule has 0 bridgehead atoms. The minimum Gasteiger partial charge on any atom is -0.394 e. The van der Waals surface area contributed by atoms with Crippen LogP contribution in [-0.2, 0) is 14.3 Å². The fraction of sp³-hybridized carbons (Fsp3) is 0.747. The minimum absolute atomic E-state index is 0.189. The first kappa shape index (κ1) is 78.9. The molecule has 1 amide bonds. The Kier molecular flexibility index (Phi) is 59.0. The van der Waals surface area contributed by atoms with E-state index >= 15 is 0 Å². The van der Waals surface area contributed by atoms with Crippen LogP contribution in [0.2, 0.25) is 0 Å². The Morgan fingerprint density at radius 1 is 0.417 bits per heavy atom. The van der Waals surface area contributed by atoms with Crippen molar-refractivity contribution in [2.45, 2.75) is 346 Å². The molecule has 0 radical (unpaired) electrons. The van der Waals surface area contributed by atoms with Gasteiger partial charge in [-0.25, -0.2) is 0 Å². The summed E-state index contributed by atoms with van der Waals surface area (Å²) in [7, 11) is 0. The van der Waals surface area contributed by atoms with Gasteiger partial charge in [-0.3, -0.25) is 4.79 Å². The second kappa shape index (κ2) is 62.9. The lowest BCUT2D eigenvalue weighted by Crippen LogP contribution is -2.60. The Morgan fingerprint density at radius 3 is 1.14 bits per heavy atom. The van der Waals surface area contributed by atoms with Crippen molar-refractivity contribution in [1.82, 2.24) is 5.32 Å². The van der Waals surface area contributed by atoms with E-state index in [1.165, 1.54) is 199 Å². The maximum absolute atomic E-state index is 13.1. The van der Waals surface area contributed by atoms with Gasteiger partial charge in [-0.1, -0.05) is 309 Å². The molecule has 484 valence electrons. The largest absolute Gasteiger partial charge is 0.394 e. The summed E-state index contributed by atoms with van der Waals surface area (Å²) in [5.74, 6) is -0.189. The number of amides is 1. The lowest BCUT2D eigenvalue weighted by atomic mass is 9.99. The van der Waals surface area contributed by atoms with E-state index in [1.54, 1.807) is 6.08 Å². The molecule has 0 aromatic rings. The second-order valence-electron chi connectivity index (χ2n) is 23.9. The lowest BCUT2D eigenvalue weighted by Gasteiger charge is -2.40. The van der Waals surface area contributed by atoms with E-state index in [-0.39, 0.29) is 12.5 Å². The summed E-state index contributed by atoms with van der Waals surface area (Å²) < 4.78 is 11.3. The zero-order valence-electron chi connectivity index (χ0n) is 54.1. The molecule has 9 nitrogen and oxygen atoms in total. The highest BCUT2D eigenvalue weighted by Gasteiger charge is 2.44. The van der Waals surface area contributed by atoms with Crippen molar-refractivity contribution in [1.29, 1.82) is 0 Å². The van der Waals surface area contributed by atoms with Gasteiger partial charge in [0, 0.05) is 6.42 Å². The summed E-state index contributed by atoms with van der Waals surface area (Å²) >= 11 is 0. The normalized spacial score (nSPS) is 18.9. The average molecular weight is 1170 g/mol. The molecule has 7 unspecified atom stereocenters. The van der Waals surface area contributed by atoms with Crippen molar-refractivity contribution in [2.24, 2.45) is 0 Å². The zero-order chi connectivity index (χ0) is 60.7. The molecule has 1 heterocycles. The standard InChI is InChI=1S/C75H131NO8/c1-3-5-7-9-11-13-15-17-19-21-23-25-26-27-28-29-30-31-32-33-34-35-36-37-38-39-40-41-42-43-44-45-47-49-51-53-55-57-59-61-63-65-71(79)76-68(67-83-75-74(82)73(81)72(80)70(66-77)84-75)69(78)64-62-60-58-56-54-52-50-48-46-24-22-20-18-16-14-12-10-8-6-4-2/h5,7,11,13,17,19,23,25,27-28,30-31,46,48,54,56,62,64,68-70,72-75,77-78,80-82H,3-4,6,8-10,12,14-16,18,20-22,24,26,29,32-45,47,49-53,55,57-61,63,65-67H2,1-2H3,(H,76,79)/b7-5-,13-11-,19-17-,25-23-,28-27-,31-30-,48-46+,56-54+,64-62+. The molecule has 7 atom stereocenters. The summed E-state index contributed by atoms with van der Waals surface area (Å²) in [5.41, 5.74) is 0. The molecule has 0 aromatic heterocycles. The number of aliphatic hydroxyl groups is 5. The van der Waals surface area contributed by atoms with Crippen molar-refractivity contribution in [3.8, 4) is 0 Å². The second-order valence-corrected chi connectivity index (χ2v) is 23.9. The minimum atomic E-state index is -1.58. The smallest absolute Gasteiger partial charge is 0.220 e. The maximum atomic E-state index is 13.1. The molecular weight excluding hydrogens is 1040 g/mol. The van der Waals surface area contributed by atoms with Crippen LogP contribution >= 0.6 is 0 Å². The molecule has 1 aliphatic heterocycles. The zero-order valence-corrected chi connectivity index (χ0v) is 54.1. The Bertz CT molecular complexity index is 1690. The van der Waals surface area contributed by atoms with Gasteiger partial charge >= 0.3 is 0 Å². The lowest BCUT2D eigenvalue weighted by molar-refractivity contribution is -0.302. The van der Waals surface area contributed by atoms with Crippen LogP contribution in [-0.4, -0.2) is 87.5 Å². The highest BCUT2D eigenvalue weighted by atomic mass is 16.7. The van der Waals surface area contributed by atoms with Gasteiger partial charge in [-0.15, -0.1) is 0 Å². The third kappa shape index (κ3) is 50.9. The Balaban J connectivity index is 2.09. The Hall–Kier alpha value is -3.15. The first-order valence-corrected chi connectivity index (χ1v) is 35.1. The molecule has 0 aromatic carbocycles. The van der Waals surface area contributed by atoms with Crippen LogP contribution in [0.4, 0.5) is 0 Å². The summed E-state index contributed by atoms with van der Waals surface area (Å²) in [6.45, 7) is 3.66. The van der Waals surface area contributed by atoms with E-state index in [0.29, 0.717) is 6.42 Å². The van der Waals surface area contributed by atoms with Crippen LogP contribution in [0, 0.1) is 0 Å². The van der Waals surface area contributed by atoms with Crippen molar-refractivity contribution in [3.63, 3.8) is 0 Å². The number of allylic oxidation sites excluding steroid dienone is 17. The Labute approximate surface area is 516 Å². The molecule has 0 aliphatic carbocycles. The average Bonchev–Trinajstić information content (AvgIpc) is 3.70. The van der Waals surface area contributed by atoms with Crippen LogP contribution in [0.15, 0.2) is 109 Å². The van der Waals surface area contributed by atoms with Crippen molar-refractivity contribution >= 4 is 5.91 Å². The van der Waals surface area contributed by atoms with Crippen molar-refractivity contribution in [3.05, 3.63) is 109 Å². The van der Waals surface area contributed by atoms with E-state index < -0.39 is 49.5 Å². The maximum Gasteiger partial charge on any atom is 0.220 e. The third-order valence-electron chi connectivity index (χ3n) is 16.1. The quantitative estimate of drug-likeness (QED) is 0.0261. The topological polar surface area (TPSA) is 149 Å². The predicted molar refractivity (Wildman–Crippen MR) is 359 cm³/mol. The number of hydrogen-bond donors (Lipinski definition) is 6. The first-order valence-electron chi connectivity index (χ1n) is 35.1. The van der Waals surface area contributed by atoms with E-state index in [2.05, 4.69) is 116 Å². The number of rotatable bonds is 60. The van der Waals surface area contributed by atoms with Gasteiger partial charge < -0.3 is 40.3 Å². The van der Waals surface area contributed by atoms with Gasteiger partial charge in [0.1, 0.15) is 24.4 Å². The fourth-order valence-electron chi connectivity index (χ4n) is 10.6. The summed E-state index contributed by atoms with van der Waals surface area (Å²) in [4.78, 5) is 13.1. The number of nitrogens with one attached hydrogen (secondary N) is 1. The molecule has 0 spiro atoms. The fourth-order valence-corrected chi connectivity index (χ4v) is 10.6. The number of carbonyl (C=O) groups is 1. The number of unbranched alkanes of at least 4 members (excludes halogenated alkanes) is 34. The Morgan fingerprint density at radius 2 is 0.750 bits per heavy atom. The molecule has 6 N–H and O–H groups in total. The highest BCUT2D eigenvalue weighted by molar-refractivity contribution is 5.76. The van der Waals surface area contributed by atoms with Crippen molar-refractivity contribution in [2.75, 3.05) is 13.2 Å². The molecule has 1 saturated heterocycles. The molecule has 9 heteroatoms. The van der Waals surface area contributed by atoms with Gasteiger partial charge in [-0.05, 0) is 96.3 Å². The number of hydrogen-bond acceptors (Lipinski definition) is 8. The molecule has 1 rings (SSSR count). The number of carbonyl (C=O) groups excluding carboxylic acids is 1. The summed E-state index contributed by atoms with van der Waals surface area (Å²) in [6, 6.07) is -0.832. The van der Waals surface area contributed by atoms with Crippen LogP contribution in [0.5, 0.6) is 0 Å². The van der Waals surface area contributed by atoms with Crippen molar-refractivity contribution < 1.29 is 39.8 Å². The van der Waals surface area contributed by atoms with E-state index in [4.69, 9.17) is 9.47 Å². The van der Waals surface area contributed by atoms with Gasteiger partial charge in [0.05, 0.1) is 25.4 Å². The summed E-state index contributed by atoms with van der Waals surface area (Å²) in [6.07, 6.45) is 86.3. The number of aliphatic hydroxyl groups excluding tert-OH is 5. The SMILES string of the molecule is CC/C=C\C/C=C\C/C=C\C/C=C\C/C=C\C/C=C\CCCCCCCCCCCCCCCCCCCCCCCCC(=O)NC(COC1OC(CO)C(O)C(O)C1O)C(O)/C=C/CC/C=C/CC/C=C/CCCCCCCCCCCC. The number of ether oxygens (including phenoxy) is 2. The van der Waals surface area contributed by atoms with Gasteiger partial charge in [0.25, 0.3) is 0 Å².